The second-order valence-corrected chi connectivity index (χ2v) is 14.1. The zero-order valence-electron chi connectivity index (χ0n) is 18.7. The molecule has 186 valence electrons. The van der Waals surface area contributed by atoms with Gasteiger partial charge in [0.15, 0.2) is 0 Å². The van der Waals surface area contributed by atoms with Crippen molar-refractivity contribution in [2.24, 2.45) is 5.92 Å². The molecule has 0 bridgehead atoms. The number of thiophene rings is 1. The molecule has 34 heavy (non-hydrogen) atoms. The molecule has 2 aliphatic heterocycles. The largest absolute Gasteiger partial charge is 0.319 e. The molecule has 2 fully saturated rings. The number of piperidine rings is 1. The Morgan fingerprint density at radius 2 is 1.74 bits per heavy atom. The van der Waals surface area contributed by atoms with Gasteiger partial charge in [0.2, 0.25) is 5.91 Å². The number of carbonyl (C=O) groups excluding carboxylic acids is 1. The van der Waals surface area contributed by atoms with Crippen molar-refractivity contribution in [3.05, 3.63) is 49.2 Å². The van der Waals surface area contributed by atoms with Crippen molar-refractivity contribution in [1.29, 1.82) is 0 Å². The lowest BCUT2D eigenvalue weighted by molar-refractivity contribution is -0.134. The van der Waals surface area contributed by atoms with Crippen LogP contribution in [0.15, 0.2) is 28.5 Å². The first kappa shape index (κ1) is 26.5. The number of carbonyl (C=O) groups is 1. The van der Waals surface area contributed by atoms with Crippen molar-refractivity contribution < 1.29 is 13.2 Å². The number of benzene rings is 1. The van der Waals surface area contributed by atoms with Crippen molar-refractivity contribution in [1.82, 2.24) is 14.5 Å². The first-order valence-electron chi connectivity index (χ1n) is 10.9. The molecule has 1 spiro atoms. The number of hydrogen-bond donors (Lipinski definition) is 1. The number of hydrogen-bond acceptors (Lipinski definition) is 5. The Balaban J connectivity index is 1.60. The Bertz CT molecular complexity index is 1150. The van der Waals surface area contributed by atoms with E-state index in [1.54, 1.807) is 23.1 Å². The maximum Gasteiger partial charge on any atom is 0.252 e. The van der Waals surface area contributed by atoms with E-state index in [0.717, 1.165) is 11.3 Å². The molecule has 1 aromatic carbocycles. The van der Waals surface area contributed by atoms with Crippen LogP contribution in [-0.4, -0.2) is 48.3 Å². The Morgan fingerprint density at radius 3 is 2.26 bits per heavy atom. The van der Waals surface area contributed by atoms with Crippen LogP contribution in [-0.2, 0) is 21.4 Å². The third-order valence-electron chi connectivity index (χ3n) is 6.38. The van der Waals surface area contributed by atoms with E-state index in [-0.39, 0.29) is 45.2 Å². The predicted octanol–water partition coefficient (Wildman–Crippen LogP) is 5.89. The molecule has 6 nitrogen and oxygen atoms in total. The quantitative estimate of drug-likeness (QED) is 0.460. The van der Waals surface area contributed by atoms with Crippen LogP contribution in [0, 0.1) is 5.92 Å². The van der Waals surface area contributed by atoms with Gasteiger partial charge in [-0.15, -0.1) is 11.3 Å². The van der Waals surface area contributed by atoms with E-state index in [0.29, 0.717) is 40.8 Å². The minimum Gasteiger partial charge on any atom is -0.319 e. The van der Waals surface area contributed by atoms with E-state index >= 15 is 0 Å². The monoisotopic (exact) mass is 583 g/mol. The number of nitrogens with one attached hydrogen (secondary N) is 1. The van der Waals surface area contributed by atoms with Crippen molar-refractivity contribution in [3.8, 4) is 0 Å². The Morgan fingerprint density at radius 1 is 1.12 bits per heavy atom. The van der Waals surface area contributed by atoms with Crippen LogP contribution in [0.2, 0.25) is 19.4 Å². The van der Waals surface area contributed by atoms with Crippen LogP contribution >= 0.6 is 57.7 Å². The van der Waals surface area contributed by atoms with Crippen LogP contribution in [0.5, 0.6) is 0 Å². The fourth-order valence-electron chi connectivity index (χ4n) is 4.66. The third kappa shape index (κ3) is 4.98. The molecule has 1 atom stereocenters. The molecule has 2 saturated heterocycles. The van der Waals surface area contributed by atoms with E-state index in [2.05, 4.69) is 19.2 Å². The average molecular weight is 585 g/mol. The summed E-state index contributed by atoms with van der Waals surface area (Å²) in [6.07, 6.45) is 1.55. The molecular formula is C22H25Cl4N3O3S2. The summed E-state index contributed by atoms with van der Waals surface area (Å²) < 4.78 is 28.1. The minimum atomic E-state index is -3.74. The van der Waals surface area contributed by atoms with Gasteiger partial charge in [-0.3, -0.25) is 10.1 Å². The summed E-state index contributed by atoms with van der Waals surface area (Å²) in [5.41, 5.74) is -0.000850. The first-order chi connectivity index (χ1) is 15.9. The molecule has 1 N–H and O–H groups in total. The van der Waals surface area contributed by atoms with E-state index in [4.69, 9.17) is 46.4 Å². The van der Waals surface area contributed by atoms with Gasteiger partial charge in [0, 0.05) is 28.7 Å². The molecule has 12 heteroatoms. The van der Waals surface area contributed by atoms with Gasteiger partial charge in [-0.05, 0) is 43.4 Å². The van der Waals surface area contributed by atoms with Gasteiger partial charge >= 0.3 is 0 Å². The van der Waals surface area contributed by atoms with Gasteiger partial charge in [-0.1, -0.05) is 66.3 Å². The Hall–Kier alpha value is -0.580. The number of rotatable bonds is 6. The van der Waals surface area contributed by atoms with E-state index in [1.807, 2.05) is 0 Å². The highest BCUT2D eigenvalue weighted by Gasteiger charge is 2.52. The first-order valence-corrected chi connectivity index (χ1v) is 14.7. The van der Waals surface area contributed by atoms with Crippen LogP contribution in [0.3, 0.4) is 0 Å². The van der Waals surface area contributed by atoms with Crippen LogP contribution in [0.25, 0.3) is 0 Å². The summed E-state index contributed by atoms with van der Waals surface area (Å²) in [6.45, 7) is 4.89. The lowest BCUT2D eigenvalue weighted by atomic mass is 9.96. The second-order valence-electron chi connectivity index (χ2n) is 9.07. The molecule has 2 aromatic rings. The maximum absolute atomic E-state index is 13.5. The van der Waals surface area contributed by atoms with Crippen LogP contribution < -0.4 is 5.32 Å². The number of amides is 1. The van der Waals surface area contributed by atoms with Gasteiger partial charge in [-0.25, -0.2) is 8.42 Å². The summed E-state index contributed by atoms with van der Waals surface area (Å²) in [7, 11) is -3.74. The normalized spacial score (nSPS) is 21.2. The highest BCUT2D eigenvalue weighted by atomic mass is 35.5. The molecule has 0 aliphatic carbocycles. The van der Waals surface area contributed by atoms with Crippen LogP contribution in [0.4, 0.5) is 0 Å². The summed E-state index contributed by atoms with van der Waals surface area (Å²) in [5, 5.41) is 4.76. The Labute approximate surface area is 224 Å². The lowest BCUT2D eigenvalue weighted by Gasteiger charge is -2.44. The van der Waals surface area contributed by atoms with Gasteiger partial charge in [-0.2, -0.15) is 4.31 Å². The third-order valence-corrected chi connectivity index (χ3v) is 11.3. The van der Waals surface area contributed by atoms with Gasteiger partial charge < -0.3 is 4.90 Å². The zero-order chi connectivity index (χ0) is 24.8. The standard InChI is InChI=1S/C22H25Cl4N3O3S2/c1-13(2)10-18-21(30)29(12-14-15(23)4-3-5-16(14)24)22(27-18)6-8-28(9-7-22)34(31,32)19-11-17(25)20(26)33-19/h3-5,11,13,18,27H,6-10,12H2,1-2H3. The molecule has 0 radical (unpaired) electrons. The highest BCUT2D eigenvalue weighted by Crippen LogP contribution is 2.40. The van der Waals surface area contributed by atoms with Gasteiger partial charge in [0.05, 0.1) is 23.3 Å². The van der Waals surface area contributed by atoms with Crippen molar-refractivity contribution in [2.45, 2.75) is 55.6 Å². The predicted molar refractivity (Wildman–Crippen MR) is 138 cm³/mol. The Kier molecular flexibility index (Phi) is 7.83. The summed E-state index contributed by atoms with van der Waals surface area (Å²) >= 11 is 25.8. The fraction of sp³-hybridized carbons (Fsp3) is 0.500. The summed E-state index contributed by atoms with van der Waals surface area (Å²) in [4.78, 5) is 15.3. The fourth-order valence-corrected chi connectivity index (χ4v) is 8.65. The molecule has 3 heterocycles. The molecule has 0 saturated carbocycles. The number of sulfonamides is 1. The second kappa shape index (κ2) is 10.1. The number of nitrogens with zero attached hydrogens (tertiary/aromatic N) is 2. The summed E-state index contributed by atoms with van der Waals surface area (Å²) in [5.74, 6) is 0.300. The summed E-state index contributed by atoms with van der Waals surface area (Å²) in [6, 6.07) is 6.31. The van der Waals surface area contributed by atoms with Gasteiger partial charge in [0.25, 0.3) is 10.0 Å². The SMILES string of the molecule is CC(C)CC1NC2(CCN(S(=O)(=O)c3cc(Cl)c(Cl)s3)CC2)N(Cc2c(Cl)cccc2Cl)C1=O. The molecule has 2 aliphatic rings. The van der Waals surface area contributed by atoms with Crippen molar-refractivity contribution in [2.75, 3.05) is 13.1 Å². The average Bonchev–Trinajstić information content (AvgIpc) is 3.22. The number of halogens is 4. The molecule has 1 amide bonds. The van der Waals surface area contributed by atoms with E-state index in [1.165, 1.54) is 10.4 Å². The van der Waals surface area contributed by atoms with Crippen molar-refractivity contribution >= 4 is 73.7 Å². The smallest absolute Gasteiger partial charge is 0.252 e. The molecule has 4 rings (SSSR count). The van der Waals surface area contributed by atoms with Gasteiger partial charge in [0.1, 0.15) is 8.55 Å². The van der Waals surface area contributed by atoms with E-state index in [9.17, 15) is 13.2 Å². The molecule has 1 unspecified atom stereocenters. The molecular weight excluding hydrogens is 560 g/mol. The molecule has 1 aromatic heterocycles. The maximum atomic E-state index is 13.5. The zero-order valence-corrected chi connectivity index (χ0v) is 23.3. The van der Waals surface area contributed by atoms with E-state index < -0.39 is 15.7 Å². The minimum absolute atomic E-state index is 0.0159. The lowest BCUT2D eigenvalue weighted by Crippen LogP contribution is -2.59. The topological polar surface area (TPSA) is 69.7 Å². The highest BCUT2D eigenvalue weighted by molar-refractivity contribution is 7.91. The van der Waals surface area contributed by atoms with Crippen molar-refractivity contribution in [3.63, 3.8) is 0 Å². The van der Waals surface area contributed by atoms with Crippen LogP contribution in [0.1, 0.15) is 38.7 Å².